The number of amides is 1. The maximum Gasteiger partial charge on any atom is 0.229 e. The van der Waals surface area contributed by atoms with Crippen LogP contribution in [0.3, 0.4) is 0 Å². The number of rotatable bonds is 6. The molecule has 3 rings (SSSR count). The maximum atomic E-state index is 12.3. The summed E-state index contributed by atoms with van der Waals surface area (Å²) in [5, 5.41) is 14.5. The van der Waals surface area contributed by atoms with Crippen molar-refractivity contribution >= 4 is 32.1 Å². The van der Waals surface area contributed by atoms with E-state index in [1.54, 1.807) is 31.2 Å². The van der Waals surface area contributed by atoms with Gasteiger partial charge in [0.25, 0.3) is 0 Å². The number of sulfone groups is 1. The van der Waals surface area contributed by atoms with Gasteiger partial charge in [0.2, 0.25) is 5.91 Å². The predicted molar refractivity (Wildman–Crippen MR) is 111 cm³/mol. The monoisotopic (exact) mass is 410 g/mol. The normalized spacial score (nSPS) is 11.0. The smallest absolute Gasteiger partial charge is 0.229 e. The number of anilines is 1. The van der Waals surface area contributed by atoms with Crippen LogP contribution in [0.15, 0.2) is 64.9 Å². The van der Waals surface area contributed by atoms with Crippen molar-refractivity contribution in [2.75, 3.05) is 11.1 Å². The molecular weight excluding hydrogens is 392 g/mol. The van der Waals surface area contributed by atoms with Gasteiger partial charge in [-0.15, -0.1) is 11.3 Å². The third kappa shape index (κ3) is 4.66. The molecule has 2 aromatic carbocycles. The van der Waals surface area contributed by atoms with E-state index in [2.05, 4.69) is 11.4 Å². The quantitative estimate of drug-likeness (QED) is 0.658. The van der Waals surface area contributed by atoms with Crippen LogP contribution in [0, 0.1) is 11.3 Å². The molecule has 0 radical (unpaired) electrons. The van der Waals surface area contributed by atoms with E-state index in [0.29, 0.717) is 10.6 Å². The Hall–Kier alpha value is -2.95. The van der Waals surface area contributed by atoms with E-state index >= 15 is 0 Å². The fraction of sp³-hybridized carbons (Fsp3) is 0.143. The summed E-state index contributed by atoms with van der Waals surface area (Å²) in [7, 11) is -3.24. The average molecular weight is 411 g/mol. The fourth-order valence-corrected chi connectivity index (χ4v) is 4.38. The largest absolute Gasteiger partial charge is 0.317 e. The van der Waals surface area contributed by atoms with E-state index in [0.717, 1.165) is 16.7 Å². The third-order valence-electron chi connectivity index (χ3n) is 4.21. The van der Waals surface area contributed by atoms with Crippen LogP contribution in [0.25, 0.3) is 11.1 Å². The molecule has 0 aliphatic carbocycles. The summed E-state index contributed by atoms with van der Waals surface area (Å²) in [6.07, 6.45) is 0.156. The number of nitriles is 1. The van der Waals surface area contributed by atoms with Gasteiger partial charge < -0.3 is 5.32 Å². The van der Waals surface area contributed by atoms with Crippen molar-refractivity contribution in [3.63, 3.8) is 0 Å². The summed E-state index contributed by atoms with van der Waals surface area (Å²) in [5.74, 6) is -0.129. The molecule has 0 aliphatic rings. The molecule has 1 aromatic heterocycles. The molecule has 142 valence electrons. The van der Waals surface area contributed by atoms with E-state index in [-0.39, 0.29) is 23.0 Å². The van der Waals surface area contributed by atoms with Gasteiger partial charge in [0, 0.05) is 5.38 Å². The Bertz CT molecular complexity index is 1140. The van der Waals surface area contributed by atoms with Crippen LogP contribution < -0.4 is 5.32 Å². The first-order valence-electron chi connectivity index (χ1n) is 8.62. The van der Waals surface area contributed by atoms with E-state index in [1.165, 1.54) is 23.5 Å². The molecule has 0 saturated carbocycles. The van der Waals surface area contributed by atoms with E-state index < -0.39 is 9.84 Å². The van der Waals surface area contributed by atoms with Gasteiger partial charge in [0.1, 0.15) is 0 Å². The second kappa shape index (κ2) is 8.38. The molecule has 5 nitrogen and oxygen atoms in total. The van der Waals surface area contributed by atoms with Gasteiger partial charge in [-0.2, -0.15) is 5.26 Å². The molecule has 0 bridgehead atoms. The second-order valence-corrected chi connectivity index (χ2v) is 9.35. The Labute approximate surface area is 168 Å². The topological polar surface area (TPSA) is 87.0 Å². The SMILES string of the molecule is CCS(=O)(=O)c1ccc(CC(=O)Nc2cc(-c3cccc(C#N)c3)cs2)cc1. The molecule has 28 heavy (non-hydrogen) atoms. The zero-order valence-electron chi connectivity index (χ0n) is 15.2. The number of nitrogens with zero attached hydrogens (tertiary/aromatic N) is 1. The highest BCUT2D eigenvalue weighted by Gasteiger charge is 2.12. The highest BCUT2D eigenvalue weighted by molar-refractivity contribution is 7.91. The third-order valence-corrected chi connectivity index (χ3v) is 6.81. The molecule has 0 saturated heterocycles. The molecule has 1 heterocycles. The lowest BCUT2D eigenvalue weighted by atomic mass is 10.1. The van der Waals surface area contributed by atoms with Gasteiger partial charge in [-0.05, 0) is 47.0 Å². The molecule has 0 atom stereocenters. The van der Waals surface area contributed by atoms with Crippen LogP contribution in [-0.4, -0.2) is 20.1 Å². The Morgan fingerprint density at radius 3 is 2.54 bits per heavy atom. The molecule has 0 spiro atoms. The van der Waals surface area contributed by atoms with Gasteiger partial charge in [0.15, 0.2) is 9.84 Å². The first kappa shape index (κ1) is 19.8. The lowest BCUT2D eigenvalue weighted by Gasteiger charge is -2.05. The molecule has 0 unspecified atom stereocenters. The van der Waals surface area contributed by atoms with Gasteiger partial charge in [-0.3, -0.25) is 4.79 Å². The molecule has 1 amide bonds. The summed E-state index contributed by atoms with van der Waals surface area (Å²) >= 11 is 1.41. The van der Waals surface area contributed by atoms with Gasteiger partial charge in [0.05, 0.1) is 33.7 Å². The van der Waals surface area contributed by atoms with E-state index in [1.807, 2.05) is 23.6 Å². The van der Waals surface area contributed by atoms with Crippen LogP contribution >= 0.6 is 11.3 Å². The Morgan fingerprint density at radius 2 is 1.86 bits per heavy atom. The second-order valence-electron chi connectivity index (χ2n) is 6.16. The molecule has 7 heteroatoms. The molecule has 1 N–H and O–H groups in total. The molecule has 3 aromatic rings. The number of hydrogen-bond acceptors (Lipinski definition) is 5. The molecular formula is C21H18N2O3S2. The Balaban J connectivity index is 1.66. The number of hydrogen-bond donors (Lipinski definition) is 1. The summed E-state index contributed by atoms with van der Waals surface area (Å²) < 4.78 is 23.7. The Morgan fingerprint density at radius 1 is 1.11 bits per heavy atom. The highest BCUT2D eigenvalue weighted by atomic mass is 32.2. The summed E-state index contributed by atoms with van der Waals surface area (Å²) in [6.45, 7) is 1.60. The summed E-state index contributed by atoms with van der Waals surface area (Å²) in [5.41, 5.74) is 3.18. The lowest BCUT2D eigenvalue weighted by Crippen LogP contribution is -2.13. The number of nitrogens with one attached hydrogen (secondary N) is 1. The van der Waals surface area contributed by atoms with Crippen LogP contribution in [0.2, 0.25) is 0 Å². The maximum absolute atomic E-state index is 12.3. The van der Waals surface area contributed by atoms with Crippen LogP contribution in [0.5, 0.6) is 0 Å². The predicted octanol–water partition coefficient (Wildman–Crippen LogP) is 4.26. The van der Waals surface area contributed by atoms with Crippen molar-refractivity contribution in [2.45, 2.75) is 18.2 Å². The number of carbonyl (C=O) groups is 1. The first-order valence-corrected chi connectivity index (χ1v) is 11.1. The average Bonchev–Trinajstić information content (AvgIpc) is 3.16. The number of carbonyl (C=O) groups excluding carboxylic acids is 1. The van der Waals surface area contributed by atoms with Crippen molar-refractivity contribution in [2.24, 2.45) is 0 Å². The van der Waals surface area contributed by atoms with E-state index in [4.69, 9.17) is 5.26 Å². The number of benzene rings is 2. The van der Waals surface area contributed by atoms with Gasteiger partial charge >= 0.3 is 0 Å². The molecule has 0 aliphatic heterocycles. The zero-order chi connectivity index (χ0) is 20.1. The van der Waals surface area contributed by atoms with Crippen molar-refractivity contribution in [1.29, 1.82) is 5.26 Å². The van der Waals surface area contributed by atoms with Crippen LogP contribution in [0.1, 0.15) is 18.1 Å². The van der Waals surface area contributed by atoms with Crippen molar-refractivity contribution in [1.82, 2.24) is 0 Å². The minimum Gasteiger partial charge on any atom is -0.317 e. The van der Waals surface area contributed by atoms with Crippen molar-refractivity contribution < 1.29 is 13.2 Å². The highest BCUT2D eigenvalue weighted by Crippen LogP contribution is 2.29. The van der Waals surface area contributed by atoms with Gasteiger partial charge in [-0.25, -0.2) is 8.42 Å². The van der Waals surface area contributed by atoms with Gasteiger partial charge in [-0.1, -0.05) is 31.2 Å². The summed E-state index contributed by atoms with van der Waals surface area (Å²) in [6, 6.07) is 17.7. The Kier molecular flexibility index (Phi) is 5.93. The first-order chi connectivity index (χ1) is 13.4. The van der Waals surface area contributed by atoms with E-state index in [9.17, 15) is 13.2 Å². The number of thiophene rings is 1. The standard InChI is InChI=1S/C21H18N2O3S2/c1-2-28(25,26)19-8-6-15(7-9-19)11-20(24)23-21-12-18(14-27-21)17-5-3-4-16(10-17)13-22/h3-10,12,14H,2,11H2,1H3,(H,23,24). The lowest BCUT2D eigenvalue weighted by molar-refractivity contribution is -0.115. The van der Waals surface area contributed by atoms with Crippen molar-refractivity contribution in [3.8, 4) is 17.2 Å². The fourth-order valence-electron chi connectivity index (χ4n) is 2.67. The molecule has 0 fully saturated rings. The minimum absolute atomic E-state index is 0.0464. The van der Waals surface area contributed by atoms with Crippen LogP contribution in [0.4, 0.5) is 5.00 Å². The summed E-state index contributed by atoms with van der Waals surface area (Å²) in [4.78, 5) is 12.6. The zero-order valence-corrected chi connectivity index (χ0v) is 16.8. The van der Waals surface area contributed by atoms with Crippen LogP contribution in [-0.2, 0) is 21.1 Å². The minimum atomic E-state index is -3.24. The van der Waals surface area contributed by atoms with Crippen molar-refractivity contribution in [3.05, 3.63) is 71.1 Å².